The molecule has 0 radical (unpaired) electrons. The summed E-state index contributed by atoms with van der Waals surface area (Å²) in [5, 5.41) is 6.57. The van der Waals surface area contributed by atoms with E-state index in [9.17, 15) is 4.79 Å². The van der Waals surface area contributed by atoms with E-state index in [1.165, 1.54) is 12.8 Å². The van der Waals surface area contributed by atoms with Gasteiger partial charge in [-0.05, 0) is 45.1 Å². The summed E-state index contributed by atoms with van der Waals surface area (Å²) in [7, 11) is 0. The second-order valence-corrected chi connectivity index (χ2v) is 5.52. The minimum Gasteiger partial charge on any atom is -0.378 e. The molecule has 2 fully saturated rings. The third-order valence-corrected chi connectivity index (χ3v) is 3.78. The van der Waals surface area contributed by atoms with Crippen molar-refractivity contribution < 1.29 is 9.53 Å². The zero-order valence-corrected chi connectivity index (χ0v) is 11.4. The molecule has 2 rings (SSSR count). The molecule has 2 N–H and O–H groups in total. The van der Waals surface area contributed by atoms with Crippen molar-refractivity contribution in [2.24, 2.45) is 0 Å². The van der Waals surface area contributed by atoms with Gasteiger partial charge in [0, 0.05) is 25.1 Å². The van der Waals surface area contributed by atoms with Crippen molar-refractivity contribution in [3.63, 3.8) is 0 Å². The number of amides is 1. The van der Waals surface area contributed by atoms with Gasteiger partial charge in [-0.2, -0.15) is 0 Å². The van der Waals surface area contributed by atoms with E-state index in [0.717, 1.165) is 38.8 Å². The van der Waals surface area contributed by atoms with E-state index in [0.29, 0.717) is 24.6 Å². The van der Waals surface area contributed by atoms with E-state index in [4.69, 9.17) is 4.74 Å². The summed E-state index contributed by atoms with van der Waals surface area (Å²) >= 11 is 0. The van der Waals surface area contributed by atoms with E-state index < -0.39 is 0 Å². The number of rotatable bonds is 7. The standard InChI is InChI=1S/C14H26N2O2/c1-2-13-10-12(7-9-18-13)15-8-3-4-14(17)16-11-5-6-11/h11-13,15H,2-10H2,1H3,(H,16,17). The fourth-order valence-electron chi connectivity index (χ4n) is 2.43. The van der Waals surface area contributed by atoms with E-state index >= 15 is 0 Å². The highest BCUT2D eigenvalue weighted by Crippen LogP contribution is 2.19. The van der Waals surface area contributed by atoms with Crippen LogP contribution in [0.1, 0.15) is 51.9 Å². The predicted molar refractivity (Wildman–Crippen MR) is 71.5 cm³/mol. The van der Waals surface area contributed by atoms with Crippen molar-refractivity contribution in [1.29, 1.82) is 0 Å². The van der Waals surface area contributed by atoms with Crippen LogP contribution in [0.3, 0.4) is 0 Å². The van der Waals surface area contributed by atoms with E-state index in [1.54, 1.807) is 0 Å². The van der Waals surface area contributed by atoms with Crippen LogP contribution >= 0.6 is 0 Å². The highest BCUT2D eigenvalue weighted by atomic mass is 16.5. The summed E-state index contributed by atoms with van der Waals surface area (Å²) in [5.74, 6) is 0.220. The summed E-state index contributed by atoms with van der Waals surface area (Å²) in [6.45, 7) is 3.99. The first-order chi connectivity index (χ1) is 8.78. The Labute approximate surface area is 110 Å². The fourth-order valence-corrected chi connectivity index (χ4v) is 2.43. The molecule has 0 bridgehead atoms. The van der Waals surface area contributed by atoms with Crippen LogP contribution < -0.4 is 10.6 Å². The van der Waals surface area contributed by atoms with Gasteiger partial charge in [0.05, 0.1) is 6.10 Å². The average Bonchev–Trinajstić information content (AvgIpc) is 3.19. The molecule has 2 aliphatic rings. The Kier molecular flexibility index (Phi) is 5.45. The first kappa shape index (κ1) is 13.8. The van der Waals surface area contributed by atoms with Crippen LogP contribution in [-0.2, 0) is 9.53 Å². The summed E-state index contributed by atoms with van der Waals surface area (Å²) in [6, 6.07) is 1.07. The lowest BCUT2D eigenvalue weighted by Gasteiger charge is -2.29. The summed E-state index contributed by atoms with van der Waals surface area (Å²) < 4.78 is 5.65. The van der Waals surface area contributed by atoms with Crippen molar-refractivity contribution in [2.75, 3.05) is 13.2 Å². The van der Waals surface area contributed by atoms with E-state index in [2.05, 4.69) is 17.6 Å². The number of carbonyl (C=O) groups excluding carboxylic acids is 1. The number of ether oxygens (including phenoxy) is 1. The zero-order valence-electron chi connectivity index (χ0n) is 11.4. The smallest absolute Gasteiger partial charge is 0.220 e. The second kappa shape index (κ2) is 7.10. The molecule has 2 unspecified atom stereocenters. The topological polar surface area (TPSA) is 50.4 Å². The van der Waals surface area contributed by atoms with Gasteiger partial charge in [0.15, 0.2) is 0 Å². The van der Waals surface area contributed by atoms with Gasteiger partial charge in [-0.1, -0.05) is 6.92 Å². The highest BCUT2D eigenvalue weighted by molar-refractivity contribution is 5.76. The molecular weight excluding hydrogens is 228 g/mol. The molecule has 1 saturated heterocycles. The molecule has 1 amide bonds. The lowest BCUT2D eigenvalue weighted by molar-refractivity contribution is -0.121. The summed E-state index contributed by atoms with van der Waals surface area (Å²) in [6.07, 6.45) is 7.68. The van der Waals surface area contributed by atoms with Crippen LogP contribution in [0, 0.1) is 0 Å². The Morgan fingerprint density at radius 3 is 2.83 bits per heavy atom. The third-order valence-electron chi connectivity index (χ3n) is 3.78. The molecule has 1 saturated carbocycles. The van der Waals surface area contributed by atoms with Gasteiger partial charge in [0.1, 0.15) is 0 Å². The van der Waals surface area contributed by atoms with Gasteiger partial charge in [-0.3, -0.25) is 4.79 Å². The van der Waals surface area contributed by atoms with Gasteiger partial charge < -0.3 is 15.4 Å². The maximum absolute atomic E-state index is 11.5. The number of hydrogen-bond acceptors (Lipinski definition) is 3. The molecule has 0 aromatic carbocycles. The number of hydrogen-bond donors (Lipinski definition) is 2. The van der Waals surface area contributed by atoms with Crippen LogP contribution in [0.15, 0.2) is 0 Å². The van der Waals surface area contributed by atoms with Crippen LogP contribution in [-0.4, -0.2) is 37.2 Å². The first-order valence-corrected chi connectivity index (χ1v) is 7.42. The quantitative estimate of drug-likeness (QED) is 0.678. The van der Waals surface area contributed by atoms with Crippen LogP contribution in [0.25, 0.3) is 0 Å². The molecule has 4 nitrogen and oxygen atoms in total. The molecule has 18 heavy (non-hydrogen) atoms. The lowest BCUT2D eigenvalue weighted by atomic mass is 10.0. The molecule has 0 aromatic heterocycles. The Bertz CT molecular complexity index is 267. The molecule has 1 aliphatic carbocycles. The van der Waals surface area contributed by atoms with Crippen molar-refractivity contribution in [1.82, 2.24) is 10.6 Å². The molecule has 0 aromatic rings. The van der Waals surface area contributed by atoms with Crippen molar-refractivity contribution >= 4 is 5.91 Å². The Morgan fingerprint density at radius 1 is 1.28 bits per heavy atom. The lowest BCUT2D eigenvalue weighted by Crippen LogP contribution is -2.39. The van der Waals surface area contributed by atoms with Gasteiger partial charge in [-0.25, -0.2) is 0 Å². The summed E-state index contributed by atoms with van der Waals surface area (Å²) in [5.41, 5.74) is 0. The molecule has 1 heterocycles. The van der Waals surface area contributed by atoms with Gasteiger partial charge >= 0.3 is 0 Å². The Balaban J connectivity index is 1.50. The maximum Gasteiger partial charge on any atom is 0.220 e. The normalized spacial score (nSPS) is 28.1. The minimum atomic E-state index is 0.220. The van der Waals surface area contributed by atoms with Crippen LogP contribution in [0.2, 0.25) is 0 Å². The Morgan fingerprint density at radius 2 is 2.11 bits per heavy atom. The van der Waals surface area contributed by atoms with Crippen molar-refractivity contribution in [3.8, 4) is 0 Å². The fraction of sp³-hybridized carbons (Fsp3) is 0.929. The SMILES string of the molecule is CCC1CC(NCCCC(=O)NC2CC2)CCO1. The second-order valence-electron chi connectivity index (χ2n) is 5.52. The highest BCUT2D eigenvalue weighted by Gasteiger charge is 2.23. The maximum atomic E-state index is 11.5. The van der Waals surface area contributed by atoms with Crippen molar-refractivity contribution in [2.45, 2.75) is 70.1 Å². The molecule has 2 atom stereocenters. The van der Waals surface area contributed by atoms with Crippen LogP contribution in [0.5, 0.6) is 0 Å². The predicted octanol–water partition coefficient (Wildman–Crippen LogP) is 1.59. The van der Waals surface area contributed by atoms with Crippen LogP contribution in [0.4, 0.5) is 0 Å². The Hall–Kier alpha value is -0.610. The van der Waals surface area contributed by atoms with Gasteiger partial charge in [0.2, 0.25) is 5.91 Å². The minimum absolute atomic E-state index is 0.220. The zero-order chi connectivity index (χ0) is 12.8. The average molecular weight is 254 g/mol. The first-order valence-electron chi connectivity index (χ1n) is 7.42. The molecule has 104 valence electrons. The van der Waals surface area contributed by atoms with Gasteiger partial charge in [0.25, 0.3) is 0 Å². The molecule has 0 spiro atoms. The van der Waals surface area contributed by atoms with E-state index in [1.807, 2.05) is 0 Å². The largest absolute Gasteiger partial charge is 0.378 e. The van der Waals surface area contributed by atoms with Gasteiger partial charge in [-0.15, -0.1) is 0 Å². The van der Waals surface area contributed by atoms with Crippen molar-refractivity contribution in [3.05, 3.63) is 0 Å². The number of nitrogens with one attached hydrogen (secondary N) is 2. The number of carbonyl (C=O) groups is 1. The molecular formula is C14H26N2O2. The summed E-state index contributed by atoms with van der Waals surface area (Å²) in [4.78, 5) is 11.5. The van der Waals surface area contributed by atoms with E-state index in [-0.39, 0.29) is 5.91 Å². The molecule has 4 heteroatoms. The monoisotopic (exact) mass is 254 g/mol. The third kappa shape index (κ3) is 4.94. The molecule has 1 aliphatic heterocycles.